The smallest absolute Gasteiger partial charge is 0.243 e. The zero-order valence-corrected chi connectivity index (χ0v) is 17.9. The highest BCUT2D eigenvalue weighted by atomic mass is 35.5. The normalized spacial score (nSPS) is 18.8. The second-order valence-corrected chi connectivity index (χ2v) is 9.44. The first-order valence-electron chi connectivity index (χ1n) is 9.62. The zero-order valence-electron chi connectivity index (χ0n) is 16.3. The fourth-order valence-corrected chi connectivity index (χ4v) is 5.56. The molecule has 2 aromatic rings. The third-order valence-corrected chi connectivity index (χ3v) is 7.85. The molecule has 0 aliphatic carbocycles. The van der Waals surface area contributed by atoms with Gasteiger partial charge in [-0.1, -0.05) is 17.7 Å². The van der Waals surface area contributed by atoms with E-state index in [9.17, 15) is 8.42 Å². The number of rotatable bonds is 4. The topological polar surface area (TPSA) is 78.9 Å². The maximum atomic E-state index is 13.1. The van der Waals surface area contributed by atoms with Gasteiger partial charge in [0.15, 0.2) is 5.82 Å². The lowest BCUT2D eigenvalue weighted by atomic mass is 10.2. The number of sulfonamides is 1. The molecule has 29 heavy (non-hydrogen) atoms. The highest BCUT2D eigenvalue weighted by Gasteiger charge is 2.30. The van der Waals surface area contributed by atoms with Gasteiger partial charge in [-0.05, 0) is 24.6 Å². The third-order valence-electron chi connectivity index (χ3n) is 5.40. The van der Waals surface area contributed by atoms with E-state index in [1.807, 2.05) is 6.07 Å². The van der Waals surface area contributed by atoms with Crippen molar-refractivity contribution in [1.82, 2.24) is 14.5 Å². The number of anilines is 2. The molecular weight excluding hydrogens is 414 g/mol. The van der Waals surface area contributed by atoms with E-state index in [4.69, 9.17) is 16.3 Å². The molecule has 1 aromatic heterocycles. The molecule has 2 aliphatic rings. The molecule has 0 atom stereocenters. The molecule has 0 spiro atoms. The lowest BCUT2D eigenvalue weighted by Crippen LogP contribution is -2.49. The van der Waals surface area contributed by atoms with Crippen molar-refractivity contribution in [2.45, 2.75) is 11.8 Å². The summed E-state index contributed by atoms with van der Waals surface area (Å²) in [4.78, 5) is 4.57. The van der Waals surface area contributed by atoms with Gasteiger partial charge < -0.3 is 14.5 Å². The average Bonchev–Trinajstić information content (AvgIpc) is 2.76. The van der Waals surface area contributed by atoms with Crippen LogP contribution in [0.3, 0.4) is 0 Å². The maximum Gasteiger partial charge on any atom is 0.243 e. The molecule has 8 nitrogen and oxygen atoms in total. The third kappa shape index (κ3) is 4.18. The summed E-state index contributed by atoms with van der Waals surface area (Å²) >= 11 is 6.12. The van der Waals surface area contributed by atoms with Crippen molar-refractivity contribution >= 4 is 33.1 Å². The highest BCUT2D eigenvalue weighted by molar-refractivity contribution is 7.89. The van der Waals surface area contributed by atoms with Crippen LogP contribution in [0.4, 0.5) is 11.5 Å². The SMILES string of the molecule is Cc1c(Cl)cccc1S(=O)(=O)N1CCN(c2cc(N3CCOCC3)cnn2)CC1. The largest absolute Gasteiger partial charge is 0.378 e. The predicted octanol–water partition coefficient (Wildman–Crippen LogP) is 1.79. The van der Waals surface area contributed by atoms with Crippen molar-refractivity contribution in [2.24, 2.45) is 0 Å². The summed E-state index contributed by atoms with van der Waals surface area (Å²) in [6.07, 6.45) is 1.76. The van der Waals surface area contributed by atoms with Gasteiger partial charge in [0.25, 0.3) is 0 Å². The number of morpholine rings is 1. The lowest BCUT2D eigenvalue weighted by Gasteiger charge is -2.35. The molecule has 2 aliphatic heterocycles. The Morgan fingerprint density at radius 2 is 1.76 bits per heavy atom. The van der Waals surface area contributed by atoms with Crippen molar-refractivity contribution < 1.29 is 13.2 Å². The Labute approximate surface area is 176 Å². The van der Waals surface area contributed by atoms with Gasteiger partial charge in [0.1, 0.15) is 0 Å². The first kappa shape index (κ1) is 20.3. The van der Waals surface area contributed by atoms with Crippen LogP contribution in [0.5, 0.6) is 0 Å². The van der Waals surface area contributed by atoms with Crippen LogP contribution in [0, 0.1) is 6.92 Å². The van der Waals surface area contributed by atoms with Gasteiger partial charge in [-0.25, -0.2) is 8.42 Å². The van der Waals surface area contributed by atoms with Gasteiger partial charge in [0, 0.05) is 50.4 Å². The van der Waals surface area contributed by atoms with Crippen LogP contribution in [0.25, 0.3) is 0 Å². The van der Waals surface area contributed by atoms with Gasteiger partial charge in [-0.2, -0.15) is 9.40 Å². The van der Waals surface area contributed by atoms with Crippen LogP contribution in [0.2, 0.25) is 5.02 Å². The van der Waals surface area contributed by atoms with E-state index in [2.05, 4.69) is 20.0 Å². The minimum Gasteiger partial charge on any atom is -0.378 e. The van der Waals surface area contributed by atoms with Crippen molar-refractivity contribution in [3.8, 4) is 0 Å². The van der Waals surface area contributed by atoms with Gasteiger partial charge in [-0.3, -0.25) is 0 Å². The first-order chi connectivity index (χ1) is 14.0. The molecule has 2 saturated heterocycles. The Morgan fingerprint density at radius 1 is 1.03 bits per heavy atom. The van der Waals surface area contributed by atoms with E-state index in [-0.39, 0.29) is 4.90 Å². The average molecular weight is 438 g/mol. The molecule has 4 rings (SSSR count). The first-order valence-corrected chi connectivity index (χ1v) is 11.4. The number of aromatic nitrogens is 2. The van der Waals surface area contributed by atoms with Crippen LogP contribution < -0.4 is 9.80 Å². The standard InChI is InChI=1S/C19H24ClN5O3S/c1-15-17(20)3-2-4-18(15)29(26,27)25-7-5-24(6-8-25)19-13-16(14-21-22-19)23-9-11-28-12-10-23/h2-4,13-14H,5-12H2,1H3. The minimum absolute atomic E-state index is 0.271. The van der Waals surface area contributed by atoms with Crippen LogP contribution in [-0.2, 0) is 14.8 Å². The Morgan fingerprint density at radius 3 is 2.48 bits per heavy atom. The molecule has 3 heterocycles. The van der Waals surface area contributed by atoms with E-state index >= 15 is 0 Å². The molecule has 0 radical (unpaired) electrons. The van der Waals surface area contributed by atoms with E-state index in [0.717, 1.165) is 24.6 Å². The van der Waals surface area contributed by atoms with Crippen molar-refractivity contribution in [3.63, 3.8) is 0 Å². The van der Waals surface area contributed by atoms with Crippen molar-refractivity contribution in [1.29, 1.82) is 0 Å². The van der Waals surface area contributed by atoms with Crippen molar-refractivity contribution in [2.75, 3.05) is 62.3 Å². The molecule has 0 amide bonds. The number of hydrogen-bond donors (Lipinski definition) is 0. The highest BCUT2D eigenvalue weighted by Crippen LogP contribution is 2.27. The summed E-state index contributed by atoms with van der Waals surface area (Å²) in [5.74, 6) is 0.768. The number of ether oxygens (including phenoxy) is 1. The number of piperazine rings is 1. The van der Waals surface area contributed by atoms with Gasteiger partial charge in [-0.15, -0.1) is 5.10 Å². The summed E-state index contributed by atoms with van der Waals surface area (Å²) in [6.45, 7) is 6.69. The summed E-state index contributed by atoms with van der Waals surface area (Å²) in [7, 11) is -3.58. The molecule has 0 saturated carbocycles. The second kappa shape index (κ2) is 8.43. The lowest BCUT2D eigenvalue weighted by molar-refractivity contribution is 0.122. The van der Waals surface area contributed by atoms with Crippen molar-refractivity contribution in [3.05, 3.63) is 41.0 Å². The molecule has 10 heteroatoms. The molecular formula is C19H24ClN5O3S. The minimum atomic E-state index is -3.58. The number of benzene rings is 1. The number of hydrogen-bond acceptors (Lipinski definition) is 7. The Hall–Kier alpha value is -1.94. The van der Waals surface area contributed by atoms with Crippen LogP contribution in [0.1, 0.15) is 5.56 Å². The Kier molecular flexibility index (Phi) is 5.91. The zero-order chi connectivity index (χ0) is 20.4. The summed E-state index contributed by atoms with van der Waals surface area (Å²) < 4.78 is 33.1. The van der Waals surface area contributed by atoms with E-state index in [1.165, 1.54) is 4.31 Å². The molecule has 1 aromatic carbocycles. The summed E-state index contributed by atoms with van der Waals surface area (Å²) in [6, 6.07) is 7.00. The number of halogens is 1. The molecule has 156 valence electrons. The monoisotopic (exact) mass is 437 g/mol. The van der Waals surface area contributed by atoms with Crippen LogP contribution in [-0.4, -0.2) is 75.4 Å². The molecule has 2 fully saturated rings. The van der Waals surface area contributed by atoms with Gasteiger partial charge in [0.05, 0.1) is 30.0 Å². The van der Waals surface area contributed by atoms with E-state index < -0.39 is 10.0 Å². The predicted molar refractivity (Wildman–Crippen MR) is 112 cm³/mol. The van der Waals surface area contributed by atoms with Gasteiger partial charge in [0.2, 0.25) is 10.0 Å². The fourth-order valence-electron chi connectivity index (χ4n) is 3.66. The van der Waals surface area contributed by atoms with E-state index in [0.29, 0.717) is 50.0 Å². The maximum absolute atomic E-state index is 13.1. The van der Waals surface area contributed by atoms with Crippen LogP contribution in [0.15, 0.2) is 35.4 Å². The quantitative estimate of drug-likeness (QED) is 0.721. The fraction of sp³-hybridized carbons (Fsp3) is 0.474. The van der Waals surface area contributed by atoms with E-state index in [1.54, 1.807) is 31.3 Å². The molecule has 0 N–H and O–H groups in total. The second-order valence-electron chi connectivity index (χ2n) is 7.13. The van der Waals surface area contributed by atoms with Crippen LogP contribution >= 0.6 is 11.6 Å². The Bertz CT molecular complexity index is 974. The number of nitrogens with zero attached hydrogens (tertiary/aromatic N) is 5. The summed E-state index contributed by atoms with van der Waals surface area (Å²) in [5, 5.41) is 8.87. The summed E-state index contributed by atoms with van der Waals surface area (Å²) in [5.41, 5.74) is 1.60. The Balaban J connectivity index is 1.46. The van der Waals surface area contributed by atoms with Gasteiger partial charge >= 0.3 is 0 Å². The molecule has 0 unspecified atom stereocenters. The molecule has 0 bridgehead atoms.